The molecule has 4 aliphatic rings. The van der Waals surface area contributed by atoms with E-state index in [0.29, 0.717) is 12.5 Å². The lowest BCUT2D eigenvalue weighted by Gasteiger charge is -2.55. The molecule has 1 heterocycles. The molecule has 0 amide bonds. The number of likely N-dealkylation sites (N-methyl/N-ethyl adjacent to an activating group) is 1. The summed E-state index contributed by atoms with van der Waals surface area (Å²) in [6.45, 7) is 1.51. The summed E-state index contributed by atoms with van der Waals surface area (Å²) in [5.41, 5.74) is 1.07. The van der Waals surface area contributed by atoms with Gasteiger partial charge in [0.05, 0.1) is 5.56 Å². The molecule has 4 aliphatic carbocycles. The summed E-state index contributed by atoms with van der Waals surface area (Å²) in [6, 6.07) is 8.00. The molecule has 4 fully saturated rings. The molecule has 144 valence electrons. The van der Waals surface area contributed by atoms with E-state index in [0.717, 1.165) is 41.4 Å². The second kappa shape index (κ2) is 6.62. The maximum Gasteiger partial charge on any atom is 0.261 e. The molecule has 0 atom stereocenters. The molecule has 1 aromatic heterocycles. The number of rotatable bonds is 6. The molecule has 6 rings (SSSR count). The first-order chi connectivity index (χ1) is 13.1. The molecule has 4 bridgehead atoms. The Hall–Kier alpha value is -1.88. The second-order valence-electron chi connectivity index (χ2n) is 9.27. The molecular weight excluding hydrogens is 338 g/mol. The summed E-state index contributed by atoms with van der Waals surface area (Å²) in [5.74, 6) is 4.99. The topological polar surface area (TPSA) is 51.4 Å². The van der Waals surface area contributed by atoms with Crippen molar-refractivity contribution < 1.29 is 9.26 Å². The average molecular weight is 367 g/mol. The van der Waals surface area contributed by atoms with Gasteiger partial charge in [0.25, 0.3) is 5.89 Å². The largest absolute Gasteiger partial charge is 0.491 e. The SMILES string of the molecule is CN(C)CCOc1ccccc1-c1nc(C23CC4CC(CC(C4)C2)C3)no1. The van der Waals surface area contributed by atoms with Gasteiger partial charge in [0, 0.05) is 12.0 Å². The summed E-state index contributed by atoms with van der Waals surface area (Å²) >= 11 is 0. The van der Waals surface area contributed by atoms with E-state index >= 15 is 0 Å². The Morgan fingerprint density at radius 2 is 1.74 bits per heavy atom. The van der Waals surface area contributed by atoms with Crippen LogP contribution in [0.4, 0.5) is 0 Å². The minimum atomic E-state index is 0.164. The summed E-state index contributed by atoms with van der Waals surface area (Å²) in [7, 11) is 4.09. The first-order valence-electron chi connectivity index (χ1n) is 10.3. The minimum Gasteiger partial charge on any atom is -0.491 e. The van der Waals surface area contributed by atoms with Crippen LogP contribution in [0.25, 0.3) is 11.5 Å². The highest BCUT2D eigenvalue weighted by atomic mass is 16.5. The zero-order valence-electron chi connectivity index (χ0n) is 16.4. The van der Waals surface area contributed by atoms with Gasteiger partial charge in [-0.1, -0.05) is 17.3 Å². The van der Waals surface area contributed by atoms with E-state index in [1.165, 1.54) is 38.5 Å². The highest BCUT2D eigenvalue weighted by Gasteiger charge is 2.53. The Balaban J connectivity index is 1.40. The Bertz CT molecular complexity index is 778. The molecule has 27 heavy (non-hydrogen) atoms. The number of nitrogens with zero attached hydrogens (tertiary/aromatic N) is 3. The lowest BCUT2D eigenvalue weighted by Crippen LogP contribution is -2.49. The van der Waals surface area contributed by atoms with Crippen molar-refractivity contribution in [2.45, 2.75) is 43.9 Å². The Morgan fingerprint density at radius 3 is 2.41 bits per heavy atom. The van der Waals surface area contributed by atoms with Crippen LogP contribution in [0.2, 0.25) is 0 Å². The highest BCUT2D eigenvalue weighted by Crippen LogP contribution is 2.60. The van der Waals surface area contributed by atoms with Crippen LogP contribution in [0.3, 0.4) is 0 Å². The zero-order valence-corrected chi connectivity index (χ0v) is 16.4. The van der Waals surface area contributed by atoms with Gasteiger partial charge in [-0.25, -0.2) is 0 Å². The van der Waals surface area contributed by atoms with Crippen molar-refractivity contribution in [3.05, 3.63) is 30.1 Å². The molecule has 5 nitrogen and oxygen atoms in total. The third-order valence-corrected chi connectivity index (χ3v) is 6.85. The quantitative estimate of drug-likeness (QED) is 0.768. The molecule has 0 saturated heterocycles. The molecule has 0 N–H and O–H groups in total. The van der Waals surface area contributed by atoms with Gasteiger partial charge in [0.2, 0.25) is 0 Å². The molecule has 4 saturated carbocycles. The molecule has 0 radical (unpaired) electrons. The first-order valence-corrected chi connectivity index (χ1v) is 10.3. The standard InChI is InChI=1S/C22H29N3O2/c1-25(2)7-8-26-19-6-4-3-5-18(19)20-23-21(24-27-20)22-12-15-9-16(13-22)11-17(10-15)14-22/h3-6,15-17H,7-14H2,1-2H3. The molecular formula is C22H29N3O2. The monoisotopic (exact) mass is 367 g/mol. The third kappa shape index (κ3) is 3.16. The number of ether oxygens (including phenoxy) is 1. The van der Waals surface area contributed by atoms with Crippen LogP contribution < -0.4 is 4.74 Å². The summed E-state index contributed by atoms with van der Waals surface area (Å²) < 4.78 is 11.7. The van der Waals surface area contributed by atoms with Crippen molar-refractivity contribution >= 4 is 0 Å². The smallest absolute Gasteiger partial charge is 0.261 e. The van der Waals surface area contributed by atoms with E-state index < -0.39 is 0 Å². The van der Waals surface area contributed by atoms with Crippen molar-refractivity contribution in [2.75, 3.05) is 27.2 Å². The van der Waals surface area contributed by atoms with E-state index in [-0.39, 0.29) is 5.41 Å². The van der Waals surface area contributed by atoms with E-state index in [1.807, 2.05) is 38.4 Å². The molecule has 5 heteroatoms. The van der Waals surface area contributed by atoms with Gasteiger partial charge in [0.15, 0.2) is 5.82 Å². The molecule has 0 aliphatic heterocycles. The maximum atomic E-state index is 5.99. The summed E-state index contributed by atoms with van der Waals surface area (Å²) in [6.07, 6.45) is 8.02. The van der Waals surface area contributed by atoms with Gasteiger partial charge in [-0.3, -0.25) is 0 Å². The molecule has 1 aromatic carbocycles. The van der Waals surface area contributed by atoms with Gasteiger partial charge in [-0.05, 0) is 82.5 Å². The predicted octanol–water partition coefficient (Wildman–Crippen LogP) is 4.14. The van der Waals surface area contributed by atoms with Crippen molar-refractivity contribution in [2.24, 2.45) is 17.8 Å². The van der Waals surface area contributed by atoms with E-state index in [1.54, 1.807) is 0 Å². The fraction of sp³-hybridized carbons (Fsp3) is 0.636. The lowest BCUT2D eigenvalue weighted by molar-refractivity contribution is -0.0103. The van der Waals surface area contributed by atoms with Crippen LogP contribution in [0, 0.1) is 17.8 Å². The Kier molecular flexibility index (Phi) is 4.23. The van der Waals surface area contributed by atoms with Crippen molar-refractivity contribution in [3.8, 4) is 17.2 Å². The van der Waals surface area contributed by atoms with Crippen molar-refractivity contribution in [3.63, 3.8) is 0 Å². The zero-order chi connectivity index (χ0) is 18.4. The van der Waals surface area contributed by atoms with Gasteiger partial charge >= 0.3 is 0 Å². The van der Waals surface area contributed by atoms with E-state index in [2.05, 4.69) is 10.1 Å². The number of hydrogen-bond acceptors (Lipinski definition) is 5. The number of para-hydroxylation sites is 1. The van der Waals surface area contributed by atoms with Crippen molar-refractivity contribution in [1.29, 1.82) is 0 Å². The number of hydrogen-bond donors (Lipinski definition) is 0. The number of benzene rings is 1. The van der Waals surface area contributed by atoms with Crippen LogP contribution in [0.1, 0.15) is 44.3 Å². The Labute approximate surface area is 161 Å². The average Bonchev–Trinajstić information content (AvgIpc) is 3.11. The molecule has 0 spiro atoms. The Morgan fingerprint density at radius 1 is 1.07 bits per heavy atom. The predicted molar refractivity (Wildman–Crippen MR) is 104 cm³/mol. The van der Waals surface area contributed by atoms with Gasteiger partial charge < -0.3 is 14.2 Å². The van der Waals surface area contributed by atoms with E-state index in [9.17, 15) is 0 Å². The van der Waals surface area contributed by atoms with Crippen LogP contribution in [-0.4, -0.2) is 42.3 Å². The van der Waals surface area contributed by atoms with Crippen LogP contribution in [0.5, 0.6) is 5.75 Å². The second-order valence-corrected chi connectivity index (χ2v) is 9.27. The van der Waals surface area contributed by atoms with E-state index in [4.69, 9.17) is 14.2 Å². The minimum absolute atomic E-state index is 0.164. The lowest BCUT2D eigenvalue weighted by atomic mass is 9.49. The summed E-state index contributed by atoms with van der Waals surface area (Å²) in [4.78, 5) is 7.02. The van der Waals surface area contributed by atoms with Crippen LogP contribution in [0.15, 0.2) is 28.8 Å². The normalized spacial score (nSPS) is 31.6. The number of aromatic nitrogens is 2. The molecule has 0 unspecified atom stereocenters. The first kappa shape index (κ1) is 17.2. The van der Waals surface area contributed by atoms with Crippen LogP contribution in [-0.2, 0) is 5.41 Å². The van der Waals surface area contributed by atoms with Gasteiger partial charge in [0.1, 0.15) is 12.4 Å². The van der Waals surface area contributed by atoms with Gasteiger partial charge in [-0.15, -0.1) is 0 Å². The third-order valence-electron chi connectivity index (χ3n) is 6.85. The maximum absolute atomic E-state index is 5.99. The fourth-order valence-electron chi connectivity index (χ4n) is 6.04. The van der Waals surface area contributed by atoms with Crippen molar-refractivity contribution in [1.82, 2.24) is 15.0 Å². The van der Waals surface area contributed by atoms with Crippen LogP contribution >= 0.6 is 0 Å². The fourth-order valence-corrected chi connectivity index (χ4v) is 6.04. The highest BCUT2D eigenvalue weighted by molar-refractivity contribution is 5.62. The summed E-state index contributed by atoms with van der Waals surface area (Å²) in [5, 5.41) is 4.48. The molecule has 2 aromatic rings. The van der Waals surface area contributed by atoms with Gasteiger partial charge in [-0.2, -0.15) is 4.98 Å².